The molecule has 3 rings (SSSR count). The van der Waals surface area contributed by atoms with Crippen molar-refractivity contribution in [1.82, 2.24) is 15.1 Å². The number of halogens is 3. The van der Waals surface area contributed by atoms with Gasteiger partial charge in [0.05, 0.1) is 0 Å². The summed E-state index contributed by atoms with van der Waals surface area (Å²) in [6.07, 6.45) is -3.66. The van der Waals surface area contributed by atoms with Gasteiger partial charge in [-0.25, -0.2) is 0 Å². The molecule has 146 valence electrons. The van der Waals surface area contributed by atoms with Crippen LogP contribution in [0.3, 0.4) is 0 Å². The van der Waals surface area contributed by atoms with E-state index in [2.05, 4.69) is 31.0 Å². The molecule has 1 saturated heterocycles. The number of rotatable bonds is 2. The van der Waals surface area contributed by atoms with E-state index in [0.717, 1.165) is 5.56 Å². The van der Waals surface area contributed by atoms with Crippen molar-refractivity contribution in [2.75, 3.05) is 13.1 Å². The van der Waals surface area contributed by atoms with Gasteiger partial charge in [-0.05, 0) is 36.0 Å². The Kier molecular flexibility index (Phi) is 5.01. The maximum absolute atomic E-state index is 12.7. The standard InChI is InChI=1S/C19H22F3N3O2/c1-18(2,3)14-6-4-13(5-7-14)16(26)25-10-8-12(9-11-25)15-23-24-17(27-15)19(20,21)22/h4-7,12H,8-11H2,1-3H3. The molecule has 0 unspecified atom stereocenters. The van der Waals surface area contributed by atoms with Gasteiger partial charge in [0.15, 0.2) is 0 Å². The van der Waals surface area contributed by atoms with E-state index < -0.39 is 12.1 Å². The normalized spacial score (nSPS) is 16.6. The lowest BCUT2D eigenvalue weighted by Gasteiger charge is -2.30. The minimum absolute atomic E-state index is 0.0102. The van der Waals surface area contributed by atoms with Crippen LogP contribution in [0.2, 0.25) is 0 Å². The summed E-state index contributed by atoms with van der Waals surface area (Å²) in [7, 11) is 0. The molecule has 0 spiro atoms. The SMILES string of the molecule is CC(C)(C)c1ccc(C(=O)N2CCC(c3nnc(C(F)(F)F)o3)CC2)cc1. The van der Waals surface area contributed by atoms with Crippen molar-refractivity contribution in [3.05, 3.63) is 47.2 Å². The van der Waals surface area contributed by atoms with Gasteiger partial charge in [-0.1, -0.05) is 32.9 Å². The quantitative estimate of drug-likeness (QED) is 0.773. The molecule has 1 aromatic carbocycles. The Bertz CT molecular complexity index is 799. The fraction of sp³-hybridized carbons (Fsp3) is 0.526. The Labute approximate surface area is 155 Å². The molecule has 0 N–H and O–H groups in total. The monoisotopic (exact) mass is 381 g/mol. The smallest absolute Gasteiger partial charge is 0.417 e. The average molecular weight is 381 g/mol. The lowest BCUT2D eigenvalue weighted by atomic mass is 9.86. The number of hydrogen-bond donors (Lipinski definition) is 0. The van der Waals surface area contributed by atoms with Crippen LogP contribution in [-0.2, 0) is 11.6 Å². The van der Waals surface area contributed by atoms with Gasteiger partial charge < -0.3 is 9.32 Å². The number of carbonyl (C=O) groups excluding carboxylic acids is 1. The zero-order chi connectivity index (χ0) is 19.8. The van der Waals surface area contributed by atoms with E-state index in [1.165, 1.54) is 0 Å². The van der Waals surface area contributed by atoms with Crippen molar-refractivity contribution < 1.29 is 22.4 Å². The molecule has 0 bridgehead atoms. The summed E-state index contributed by atoms with van der Waals surface area (Å²) in [5.41, 5.74) is 1.77. The maximum Gasteiger partial charge on any atom is 0.470 e. The fourth-order valence-corrected chi connectivity index (χ4v) is 3.14. The molecule has 0 radical (unpaired) electrons. The van der Waals surface area contributed by atoms with E-state index >= 15 is 0 Å². The molecule has 0 atom stereocenters. The van der Waals surface area contributed by atoms with E-state index in [1.54, 1.807) is 4.90 Å². The number of likely N-dealkylation sites (tertiary alicyclic amines) is 1. The summed E-state index contributed by atoms with van der Waals surface area (Å²) < 4.78 is 42.5. The van der Waals surface area contributed by atoms with Crippen molar-refractivity contribution in [3.8, 4) is 0 Å². The zero-order valence-corrected chi connectivity index (χ0v) is 15.5. The van der Waals surface area contributed by atoms with Gasteiger partial charge in [0.2, 0.25) is 5.89 Å². The molecule has 1 fully saturated rings. The molecule has 1 aliphatic heterocycles. The maximum atomic E-state index is 12.7. The summed E-state index contributed by atoms with van der Waals surface area (Å²) in [6, 6.07) is 7.55. The third kappa shape index (κ3) is 4.31. The summed E-state index contributed by atoms with van der Waals surface area (Å²) in [6.45, 7) is 7.20. The van der Waals surface area contributed by atoms with Crippen molar-refractivity contribution in [1.29, 1.82) is 0 Å². The Balaban J connectivity index is 1.62. The second kappa shape index (κ2) is 6.98. The van der Waals surface area contributed by atoms with E-state index in [0.29, 0.717) is 31.5 Å². The molecule has 0 saturated carbocycles. The highest BCUT2D eigenvalue weighted by Crippen LogP contribution is 2.33. The molecule has 1 aliphatic rings. The van der Waals surface area contributed by atoms with Gasteiger partial charge in [0, 0.05) is 24.6 Å². The first-order chi connectivity index (χ1) is 12.6. The minimum Gasteiger partial charge on any atom is -0.417 e. The topological polar surface area (TPSA) is 59.2 Å². The van der Waals surface area contributed by atoms with Crippen molar-refractivity contribution in [3.63, 3.8) is 0 Å². The average Bonchev–Trinajstić information content (AvgIpc) is 3.11. The summed E-state index contributed by atoms with van der Waals surface area (Å²) in [5, 5.41) is 6.60. The van der Waals surface area contributed by atoms with Crippen LogP contribution in [0.1, 0.15) is 67.2 Å². The van der Waals surface area contributed by atoms with Gasteiger partial charge >= 0.3 is 12.1 Å². The van der Waals surface area contributed by atoms with E-state index in [1.807, 2.05) is 24.3 Å². The first-order valence-electron chi connectivity index (χ1n) is 8.86. The fourth-order valence-electron chi connectivity index (χ4n) is 3.14. The predicted octanol–water partition coefficient (Wildman–Crippen LogP) is 4.41. The van der Waals surface area contributed by atoms with Crippen LogP contribution in [0.15, 0.2) is 28.7 Å². The predicted molar refractivity (Wildman–Crippen MR) is 92.3 cm³/mol. The lowest BCUT2D eigenvalue weighted by Crippen LogP contribution is -2.38. The third-order valence-corrected chi connectivity index (χ3v) is 4.81. The van der Waals surface area contributed by atoms with Gasteiger partial charge in [-0.15, -0.1) is 10.2 Å². The number of piperidine rings is 1. The highest BCUT2D eigenvalue weighted by Gasteiger charge is 2.39. The molecule has 8 heteroatoms. The van der Waals surface area contributed by atoms with Crippen molar-refractivity contribution in [2.24, 2.45) is 0 Å². The second-order valence-electron chi connectivity index (χ2n) is 7.84. The van der Waals surface area contributed by atoms with Gasteiger partial charge in [0.1, 0.15) is 0 Å². The number of alkyl halides is 3. The Morgan fingerprint density at radius 2 is 1.67 bits per heavy atom. The zero-order valence-electron chi connectivity index (χ0n) is 15.5. The highest BCUT2D eigenvalue weighted by atomic mass is 19.4. The molecular formula is C19H22F3N3O2. The highest BCUT2D eigenvalue weighted by molar-refractivity contribution is 5.94. The van der Waals surface area contributed by atoms with Crippen LogP contribution in [0.25, 0.3) is 0 Å². The van der Waals surface area contributed by atoms with Crippen LogP contribution in [0, 0.1) is 0 Å². The van der Waals surface area contributed by atoms with Crippen LogP contribution in [-0.4, -0.2) is 34.1 Å². The molecular weight excluding hydrogens is 359 g/mol. The summed E-state index contributed by atoms with van der Waals surface area (Å²) >= 11 is 0. The van der Waals surface area contributed by atoms with E-state index in [4.69, 9.17) is 4.42 Å². The van der Waals surface area contributed by atoms with Crippen LogP contribution >= 0.6 is 0 Å². The first-order valence-corrected chi connectivity index (χ1v) is 8.86. The largest absolute Gasteiger partial charge is 0.470 e. The molecule has 2 aromatic rings. The number of hydrogen-bond acceptors (Lipinski definition) is 4. The van der Waals surface area contributed by atoms with Crippen molar-refractivity contribution >= 4 is 5.91 Å². The molecule has 5 nitrogen and oxygen atoms in total. The lowest BCUT2D eigenvalue weighted by molar-refractivity contribution is -0.157. The number of carbonyl (C=O) groups is 1. The van der Waals surface area contributed by atoms with E-state index in [9.17, 15) is 18.0 Å². The van der Waals surface area contributed by atoms with Crippen LogP contribution < -0.4 is 0 Å². The third-order valence-electron chi connectivity index (χ3n) is 4.81. The molecule has 1 amide bonds. The van der Waals surface area contributed by atoms with E-state index in [-0.39, 0.29) is 23.1 Å². The van der Waals surface area contributed by atoms with Crippen LogP contribution in [0.5, 0.6) is 0 Å². The number of nitrogens with zero attached hydrogens (tertiary/aromatic N) is 3. The number of benzene rings is 1. The second-order valence-corrected chi connectivity index (χ2v) is 7.84. The Hall–Kier alpha value is -2.38. The molecule has 2 heterocycles. The summed E-state index contributed by atoms with van der Waals surface area (Å²) in [5.74, 6) is -1.67. The van der Waals surface area contributed by atoms with Gasteiger partial charge in [-0.2, -0.15) is 13.2 Å². The Morgan fingerprint density at radius 1 is 1.07 bits per heavy atom. The van der Waals surface area contributed by atoms with Crippen LogP contribution in [0.4, 0.5) is 13.2 Å². The Morgan fingerprint density at radius 3 is 2.15 bits per heavy atom. The minimum atomic E-state index is -4.64. The first kappa shape index (κ1) is 19.4. The number of aromatic nitrogens is 2. The van der Waals surface area contributed by atoms with Gasteiger partial charge in [-0.3, -0.25) is 4.79 Å². The van der Waals surface area contributed by atoms with Crippen molar-refractivity contribution in [2.45, 2.75) is 51.1 Å². The van der Waals surface area contributed by atoms with Gasteiger partial charge in [0.25, 0.3) is 5.91 Å². The number of amides is 1. The molecule has 27 heavy (non-hydrogen) atoms. The summed E-state index contributed by atoms with van der Waals surface area (Å²) in [4.78, 5) is 14.4. The molecule has 1 aromatic heterocycles. The molecule has 0 aliphatic carbocycles.